The van der Waals surface area contributed by atoms with Crippen molar-refractivity contribution in [1.29, 1.82) is 0 Å². The summed E-state index contributed by atoms with van der Waals surface area (Å²) in [4.78, 5) is 11.9. The molecule has 0 unspecified atom stereocenters. The third-order valence-electron chi connectivity index (χ3n) is 2.67. The van der Waals surface area contributed by atoms with Crippen LogP contribution >= 0.6 is 31.9 Å². The highest BCUT2D eigenvalue weighted by molar-refractivity contribution is 9.10. The quantitative estimate of drug-likeness (QED) is 0.710. The Morgan fingerprint density at radius 1 is 1.11 bits per heavy atom. The van der Waals surface area contributed by atoms with Gasteiger partial charge in [0, 0.05) is 14.5 Å². The lowest BCUT2D eigenvalue weighted by Gasteiger charge is -2.07. The summed E-state index contributed by atoms with van der Waals surface area (Å²) in [5.41, 5.74) is 1.73. The van der Waals surface area contributed by atoms with Crippen molar-refractivity contribution in [3.63, 3.8) is 0 Å². The Bertz CT molecular complexity index is 592. The van der Waals surface area contributed by atoms with Crippen LogP contribution in [0.3, 0.4) is 0 Å². The smallest absolute Gasteiger partial charge is 0.200 e. The third kappa shape index (κ3) is 3.91. The molecule has 4 heteroatoms. The maximum absolute atomic E-state index is 11.9. The summed E-state index contributed by atoms with van der Waals surface area (Å²) in [5.74, 6) is 0.666. The van der Waals surface area contributed by atoms with E-state index >= 15 is 0 Å². The Kier molecular flexibility index (Phi) is 4.77. The SMILES string of the molecule is Cc1cc(OCC(=O)c2ccc(Br)cc2)ccc1Br. The van der Waals surface area contributed by atoms with Crippen LogP contribution in [0.4, 0.5) is 0 Å². The number of benzene rings is 2. The first kappa shape index (κ1) is 14.3. The predicted octanol–water partition coefficient (Wildman–Crippen LogP) is 4.78. The monoisotopic (exact) mass is 382 g/mol. The van der Waals surface area contributed by atoms with Crippen molar-refractivity contribution in [2.75, 3.05) is 6.61 Å². The Hall–Kier alpha value is -1.13. The number of carbonyl (C=O) groups is 1. The van der Waals surface area contributed by atoms with E-state index in [0.717, 1.165) is 14.5 Å². The van der Waals surface area contributed by atoms with Crippen LogP contribution in [0.5, 0.6) is 5.75 Å². The number of Topliss-reactive ketones (excluding diaryl/α,β-unsaturated/α-hetero) is 1. The number of ketones is 1. The van der Waals surface area contributed by atoms with Gasteiger partial charge in [-0.3, -0.25) is 4.79 Å². The lowest BCUT2D eigenvalue weighted by atomic mass is 10.1. The molecule has 0 spiro atoms. The zero-order valence-electron chi connectivity index (χ0n) is 10.3. The van der Waals surface area contributed by atoms with E-state index < -0.39 is 0 Å². The lowest BCUT2D eigenvalue weighted by molar-refractivity contribution is 0.0921. The Morgan fingerprint density at radius 2 is 1.79 bits per heavy atom. The first-order chi connectivity index (χ1) is 9.06. The number of hydrogen-bond donors (Lipinski definition) is 0. The van der Waals surface area contributed by atoms with Gasteiger partial charge in [0.25, 0.3) is 0 Å². The minimum Gasteiger partial charge on any atom is -0.485 e. The van der Waals surface area contributed by atoms with E-state index in [2.05, 4.69) is 31.9 Å². The minimum absolute atomic E-state index is 0.0342. The fourth-order valence-corrected chi connectivity index (χ4v) is 2.09. The standard InChI is InChI=1S/C15H12Br2O2/c1-10-8-13(6-7-14(10)17)19-9-15(18)11-2-4-12(16)5-3-11/h2-8H,9H2,1H3. The molecule has 0 N–H and O–H groups in total. The summed E-state index contributed by atoms with van der Waals surface area (Å²) in [6, 6.07) is 12.9. The van der Waals surface area contributed by atoms with Crippen LogP contribution in [-0.2, 0) is 0 Å². The fraction of sp³-hybridized carbons (Fsp3) is 0.133. The van der Waals surface area contributed by atoms with Crippen molar-refractivity contribution in [3.05, 3.63) is 62.5 Å². The lowest BCUT2D eigenvalue weighted by Crippen LogP contribution is -2.11. The predicted molar refractivity (Wildman–Crippen MR) is 82.8 cm³/mol. The molecule has 0 amide bonds. The first-order valence-electron chi connectivity index (χ1n) is 5.74. The molecule has 0 radical (unpaired) electrons. The maximum atomic E-state index is 11.9. The number of hydrogen-bond acceptors (Lipinski definition) is 2. The van der Waals surface area contributed by atoms with Crippen molar-refractivity contribution in [3.8, 4) is 5.75 Å². The van der Waals surface area contributed by atoms with Crippen LogP contribution in [-0.4, -0.2) is 12.4 Å². The van der Waals surface area contributed by atoms with Crippen molar-refractivity contribution >= 4 is 37.6 Å². The molecule has 0 aliphatic carbocycles. The molecule has 0 aliphatic rings. The van der Waals surface area contributed by atoms with Gasteiger partial charge in [0.2, 0.25) is 0 Å². The topological polar surface area (TPSA) is 26.3 Å². The summed E-state index contributed by atoms with van der Waals surface area (Å²) in [7, 11) is 0. The molecule has 2 aromatic rings. The second kappa shape index (κ2) is 6.35. The van der Waals surface area contributed by atoms with E-state index in [9.17, 15) is 4.79 Å². The molecule has 0 heterocycles. The van der Waals surface area contributed by atoms with Gasteiger partial charge >= 0.3 is 0 Å². The molecular formula is C15H12Br2O2. The summed E-state index contributed by atoms with van der Waals surface area (Å²) in [6.45, 7) is 2.02. The summed E-state index contributed by atoms with van der Waals surface area (Å²) in [6.07, 6.45) is 0. The molecule has 2 aromatic carbocycles. The van der Waals surface area contributed by atoms with Crippen LogP contribution < -0.4 is 4.74 Å². The number of aryl methyl sites for hydroxylation is 1. The zero-order chi connectivity index (χ0) is 13.8. The van der Waals surface area contributed by atoms with Crippen LogP contribution in [0.15, 0.2) is 51.4 Å². The molecule has 2 rings (SSSR count). The van der Waals surface area contributed by atoms with Crippen molar-refractivity contribution in [2.24, 2.45) is 0 Å². The molecule has 0 aliphatic heterocycles. The number of carbonyl (C=O) groups excluding carboxylic acids is 1. The van der Waals surface area contributed by atoms with Crippen molar-refractivity contribution in [1.82, 2.24) is 0 Å². The van der Waals surface area contributed by atoms with Gasteiger partial charge in [-0.15, -0.1) is 0 Å². The first-order valence-corrected chi connectivity index (χ1v) is 7.32. The molecule has 0 fully saturated rings. The number of halogens is 2. The summed E-state index contributed by atoms with van der Waals surface area (Å²) in [5, 5.41) is 0. The maximum Gasteiger partial charge on any atom is 0.200 e. The molecule has 98 valence electrons. The van der Waals surface area contributed by atoms with Gasteiger partial charge in [-0.25, -0.2) is 0 Å². The molecule has 0 bridgehead atoms. The zero-order valence-corrected chi connectivity index (χ0v) is 13.5. The molecule has 0 aromatic heterocycles. The molecule has 19 heavy (non-hydrogen) atoms. The molecule has 0 saturated heterocycles. The van der Waals surface area contributed by atoms with E-state index in [1.54, 1.807) is 12.1 Å². The van der Waals surface area contributed by atoms with E-state index in [-0.39, 0.29) is 12.4 Å². The Balaban J connectivity index is 2.00. The largest absolute Gasteiger partial charge is 0.485 e. The van der Waals surface area contributed by atoms with E-state index in [0.29, 0.717) is 11.3 Å². The van der Waals surface area contributed by atoms with Crippen LogP contribution in [0.2, 0.25) is 0 Å². The van der Waals surface area contributed by atoms with Crippen LogP contribution in [0, 0.1) is 6.92 Å². The normalized spacial score (nSPS) is 10.3. The highest BCUT2D eigenvalue weighted by Gasteiger charge is 2.07. The van der Waals surface area contributed by atoms with Gasteiger partial charge in [-0.1, -0.05) is 44.0 Å². The summed E-state index contributed by atoms with van der Waals surface area (Å²) >= 11 is 6.76. The number of ether oxygens (including phenoxy) is 1. The van der Waals surface area contributed by atoms with Gasteiger partial charge in [-0.05, 0) is 42.8 Å². The van der Waals surface area contributed by atoms with Gasteiger partial charge < -0.3 is 4.74 Å². The van der Waals surface area contributed by atoms with Gasteiger partial charge in [0.15, 0.2) is 12.4 Å². The second-order valence-electron chi connectivity index (χ2n) is 4.13. The summed E-state index contributed by atoms with van der Waals surface area (Å²) < 4.78 is 7.49. The fourth-order valence-electron chi connectivity index (χ4n) is 1.57. The highest BCUT2D eigenvalue weighted by atomic mass is 79.9. The molecule has 0 saturated carbocycles. The van der Waals surface area contributed by atoms with E-state index in [4.69, 9.17) is 4.74 Å². The molecule has 0 atom stereocenters. The highest BCUT2D eigenvalue weighted by Crippen LogP contribution is 2.21. The minimum atomic E-state index is -0.0342. The number of rotatable bonds is 4. The van der Waals surface area contributed by atoms with Gasteiger partial charge in [-0.2, -0.15) is 0 Å². The Labute approximate surface area is 129 Å². The van der Waals surface area contributed by atoms with Crippen LogP contribution in [0.25, 0.3) is 0 Å². The van der Waals surface area contributed by atoms with Crippen molar-refractivity contribution in [2.45, 2.75) is 6.92 Å². The van der Waals surface area contributed by atoms with E-state index in [1.807, 2.05) is 37.3 Å². The van der Waals surface area contributed by atoms with Crippen LogP contribution in [0.1, 0.15) is 15.9 Å². The Morgan fingerprint density at radius 3 is 2.42 bits per heavy atom. The average molecular weight is 384 g/mol. The van der Waals surface area contributed by atoms with E-state index in [1.165, 1.54) is 0 Å². The molecular weight excluding hydrogens is 372 g/mol. The average Bonchev–Trinajstić information content (AvgIpc) is 2.40. The van der Waals surface area contributed by atoms with Crippen molar-refractivity contribution < 1.29 is 9.53 Å². The second-order valence-corrected chi connectivity index (χ2v) is 5.90. The third-order valence-corrected chi connectivity index (χ3v) is 4.08. The van der Waals surface area contributed by atoms with Gasteiger partial charge in [0.1, 0.15) is 5.75 Å². The van der Waals surface area contributed by atoms with Gasteiger partial charge in [0.05, 0.1) is 0 Å². The molecule has 2 nitrogen and oxygen atoms in total.